The van der Waals surface area contributed by atoms with E-state index >= 15 is 0 Å². The molecule has 1 aromatic carbocycles. The Labute approximate surface area is 162 Å². The van der Waals surface area contributed by atoms with Crippen LogP contribution in [0.25, 0.3) is 0 Å². The summed E-state index contributed by atoms with van der Waals surface area (Å²) in [7, 11) is 1.82. The van der Waals surface area contributed by atoms with Gasteiger partial charge < -0.3 is 24.4 Å². The van der Waals surface area contributed by atoms with Gasteiger partial charge in [-0.3, -0.25) is 4.99 Å². The van der Waals surface area contributed by atoms with E-state index in [0.29, 0.717) is 25.7 Å². The van der Waals surface area contributed by atoms with E-state index in [9.17, 15) is 0 Å². The normalized spacial score (nSPS) is 23.7. The lowest BCUT2D eigenvalue weighted by atomic mass is 10.0. The zero-order valence-corrected chi connectivity index (χ0v) is 16.8. The van der Waals surface area contributed by atoms with E-state index in [4.69, 9.17) is 14.2 Å². The van der Waals surface area contributed by atoms with Crippen LogP contribution in [-0.2, 0) is 9.47 Å². The Morgan fingerprint density at radius 2 is 2.00 bits per heavy atom. The molecule has 0 radical (unpaired) electrons. The number of hydrogen-bond acceptors (Lipinski definition) is 4. The SMILES string of the molecule is CN=C(NCCOc1ccc(C(C)C)cc1)N1CCOC(C2CCCO2)C1. The average molecular weight is 376 g/mol. The summed E-state index contributed by atoms with van der Waals surface area (Å²) >= 11 is 0. The number of guanidine groups is 1. The van der Waals surface area contributed by atoms with E-state index in [1.807, 2.05) is 19.2 Å². The number of nitrogens with one attached hydrogen (secondary N) is 1. The zero-order chi connectivity index (χ0) is 19.1. The number of rotatable bonds is 6. The molecule has 0 amide bonds. The molecule has 1 N–H and O–H groups in total. The van der Waals surface area contributed by atoms with Gasteiger partial charge in [0.25, 0.3) is 0 Å². The first kappa shape index (κ1) is 20.0. The van der Waals surface area contributed by atoms with Crippen molar-refractivity contribution in [2.45, 2.75) is 44.8 Å². The molecule has 150 valence electrons. The summed E-state index contributed by atoms with van der Waals surface area (Å²) in [5, 5.41) is 3.40. The largest absolute Gasteiger partial charge is 0.492 e. The Kier molecular flexibility index (Phi) is 7.35. The van der Waals surface area contributed by atoms with Gasteiger partial charge in [0, 0.05) is 26.7 Å². The van der Waals surface area contributed by atoms with Crippen molar-refractivity contribution in [3.63, 3.8) is 0 Å². The van der Waals surface area contributed by atoms with Gasteiger partial charge in [-0.05, 0) is 36.5 Å². The first-order valence-electron chi connectivity index (χ1n) is 10.1. The fourth-order valence-electron chi connectivity index (χ4n) is 3.60. The third-order valence-corrected chi connectivity index (χ3v) is 5.19. The molecular formula is C21H33N3O3. The zero-order valence-electron chi connectivity index (χ0n) is 16.8. The molecule has 2 saturated heterocycles. The lowest BCUT2D eigenvalue weighted by Crippen LogP contribution is -2.53. The summed E-state index contributed by atoms with van der Waals surface area (Å²) in [6.07, 6.45) is 2.58. The highest BCUT2D eigenvalue weighted by Crippen LogP contribution is 2.21. The number of hydrogen-bond donors (Lipinski definition) is 1. The van der Waals surface area contributed by atoms with Crippen molar-refractivity contribution in [3.8, 4) is 5.75 Å². The maximum atomic E-state index is 5.92. The predicted molar refractivity (Wildman–Crippen MR) is 108 cm³/mol. The highest BCUT2D eigenvalue weighted by Gasteiger charge is 2.32. The van der Waals surface area contributed by atoms with E-state index in [1.54, 1.807) is 0 Å². The van der Waals surface area contributed by atoms with E-state index in [-0.39, 0.29) is 12.2 Å². The predicted octanol–water partition coefficient (Wildman–Crippen LogP) is 2.64. The molecule has 6 heteroatoms. The summed E-state index contributed by atoms with van der Waals surface area (Å²) in [6, 6.07) is 8.34. The topological polar surface area (TPSA) is 55.3 Å². The number of aliphatic imine (C=N–C) groups is 1. The van der Waals surface area contributed by atoms with Crippen LogP contribution in [0.1, 0.15) is 38.2 Å². The molecule has 0 saturated carbocycles. The molecule has 0 bridgehead atoms. The summed E-state index contributed by atoms with van der Waals surface area (Å²) in [4.78, 5) is 6.69. The van der Waals surface area contributed by atoms with Gasteiger partial charge in [0.2, 0.25) is 0 Å². The Hall–Kier alpha value is -1.79. The number of nitrogens with zero attached hydrogens (tertiary/aromatic N) is 2. The average Bonchev–Trinajstić information content (AvgIpc) is 3.23. The molecule has 1 aromatic rings. The van der Waals surface area contributed by atoms with Crippen molar-refractivity contribution < 1.29 is 14.2 Å². The number of morpholine rings is 1. The second kappa shape index (κ2) is 9.95. The van der Waals surface area contributed by atoms with Crippen LogP contribution in [0.3, 0.4) is 0 Å². The molecule has 0 spiro atoms. The van der Waals surface area contributed by atoms with E-state index in [0.717, 1.165) is 44.2 Å². The van der Waals surface area contributed by atoms with Crippen LogP contribution in [0.5, 0.6) is 5.75 Å². The third-order valence-electron chi connectivity index (χ3n) is 5.19. The van der Waals surface area contributed by atoms with Gasteiger partial charge >= 0.3 is 0 Å². The van der Waals surface area contributed by atoms with Gasteiger partial charge in [0.15, 0.2) is 5.96 Å². The molecule has 2 atom stereocenters. The lowest BCUT2D eigenvalue weighted by Gasteiger charge is -2.37. The van der Waals surface area contributed by atoms with Gasteiger partial charge in [-0.2, -0.15) is 0 Å². The summed E-state index contributed by atoms with van der Waals surface area (Å²) in [5.41, 5.74) is 1.33. The van der Waals surface area contributed by atoms with Crippen molar-refractivity contribution in [2.24, 2.45) is 4.99 Å². The van der Waals surface area contributed by atoms with Crippen LogP contribution in [-0.4, -0.2) is 69.6 Å². The van der Waals surface area contributed by atoms with Crippen molar-refractivity contribution >= 4 is 5.96 Å². The molecule has 27 heavy (non-hydrogen) atoms. The summed E-state index contributed by atoms with van der Waals surface area (Å²) in [6.45, 7) is 8.93. The van der Waals surface area contributed by atoms with Gasteiger partial charge in [0.1, 0.15) is 18.5 Å². The minimum absolute atomic E-state index is 0.135. The molecule has 2 heterocycles. The van der Waals surface area contributed by atoms with Crippen LogP contribution in [0, 0.1) is 0 Å². The first-order valence-corrected chi connectivity index (χ1v) is 10.1. The van der Waals surface area contributed by atoms with E-state index in [2.05, 4.69) is 41.2 Å². The molecular weight excluding hydrogens is 342 g/mol. The van der Waals surface area contributed by atoms with Gasteiger partial charge in [-0.1, -0.05) is 26.0 Å². The van der Waals surface area contributed by atoms with Crippen LogP contribution in [0.15, 0.2) is 29.3 Å². The second-order valence-corrected chi connectivity index (χ2v) is 7.45. The van der Waals surface area contributed by atoms with Crippen LogP contribution in [0.4, 0.5) is 0 Å². The van der Waals surface area contributed by atoms with Crippen molar-refractivity contribution in [1.82, 2.24) is 10.2 Å². The maximum absolute atomic E-state index is 5.92. The molecule has 0 aromatic heterocycles. The Balaban J connectivity index is 1.42. The highest BCUT2D eigenvalue weighted by molar-refractivity contribution is 5.80. The Morgan fingerprint density at radius 3 is 2.67 bits per heavy atom. The summed E-state index contributed by atoms with van der Waals surface area (Å²) < 4.78 is 17.6. The molecule has 2 aliphatic heterocycles. The Bertz CT molecular complexity index is 597. The van der Waals surface area contributed by atoms with Crippen molar-refractivity contribution in [2.75, 3.05) is 46.5 Å². The summed E-state index contributed by atoms with van der Waals surface area (Å²) in [5.74, 6) is 2.34. The number of benzene rings is 1. The quantitative estimate of drug-likeness (QED) is 0.471. The lowest BCUT2D eigenvalue weighted by molar-refractivity contribution is -0.0817. The molecule has 3 rings (SSSR count). The third kappa shape index (κ3) is 5.59. The molecule has 2 fully saturated rings. The Morgan fingerprint density at radius 1 is 1.22 bits per heavy atom. The smallest absolute Gasteiger partial charge is 0.193 e. The van der Waals surface area contributed by atoms with E-state index < -0.39 is 0 Å². The molecule has 6 nitrogen and oxygen atoms in total. The van der Waals surface area contributed by atoms with Crippen LogP contribution < -0.4 is 10.1 Å². The maximum Gasteiger partial charge on any atom is 0.193 e. The fourth-order valence-corrected chi connectivity index (χ4v) is 3.60. The van der Waals surface area contributed by atoms with Gasteiger partial charge in [0.05, 0.1) is 19.3 Å². The monoisotopic (exact) mass is 375 g/mol. The van der Waals surface area contributed by atoms with Crippen molar-refractivity contribution in [3.05, 3.63) is 29.8 Å². The van der Waals surface area contributed by atoms with Gasteiger partial charge in [-0.15, -0.1) is 0 Å². The number of ether oxygens (including phenoxy) is 3. The van der Waals surface area contributed by atoms with E-state index in [1.165, 1.54) is 5.56 Å². The van der Waals surface area contributed by atoms with Crippen molar-refractivity contribution in [1.29, 1.82) is 0 Å². The second-order valence-electron chi connectivity index (χ2n) is 7.45. The fraction of sp³-hybridized carbons (Fsp3) is 0.667. The minimum atomic E-state index is 0.135. The van der Waals surface area contributed by atoms with Gasteiger partial charge in [-0.25, -0.2) is 0 Å². The van der Waals surface area contributed by atoms with Crippen LogP contribution >= 0.6 is 0 Å². The molecule has 2 aliphatic rings. The standard InChI is InChI=1S/C21H33N3O3/c1-16(2)17-6-8-18(9-7-17)25-13-10-23-21(22-3)24-11-14-27-20(15-24)19-5-4-12-26-19/h6-9,16,19-20H,4-5,10-15H2,1-3H3,(H,22,23). The highest BCUT2D eigenvalue weighted by atomic mass is 16.5. The van der Waals surface area contributed by atoms with Crippen LogP contribution in [0.2, 0.25) is 0 Å². The molecule has 0 aliphatic carbocycles. The molecule has 2 unspecified atom stereocenters. The minimum Gasteiger partial charge on any atom is -0.492 e. The first-order chi connectivity index (χ1) is 13.2.